The Morgan fingerprint density at radius 3 is 2.56 bits per heavy atom. The van der Waals surface area contributed by atoms with Crippen LogP contribution >= 0.6 is 0 Å². The lowest BCUT2D eigenvalue weighted by atomic mass is 10.1. The van der Waals surface area contributed by atoms with Crippen LogP contribution in [0, 0.1) is 13.8 Å². The molecule has 25 heavy (non-hydrogen) atoms. The third kappa shape index (κ3) is 5.08. The highest BCUT2D eigenvalue weighted by Gasteiger charge is 2.14. The van der Waals surface area contributed by atoms with Crippen molar-refractivity contribution in [3.63, 3.8) is 0 Å². The van der Waals surface area contributed by atoms with Gasteiger partial charge in [-0.2, -0.15) is 0 Å². The van der Waals surface area contributed by atoms with E-state index in [1.165, 1.54) is 5.56 Å². The molecule has 2 amide bonds. The minimum absolute atomic E-state index is 0.104. The van der Waals surface area contributed by atoms with Crippen molar-refractivity contribution < 1.29 is 14.3 Å². The SMILES string of the molecule is CCOC(=O)Nc1cccc(C(=O)N(C)Cc2ccc(C)cc2C)c1. The summed E-state index contributed by atoms with van der Waals surface area (Å²) in [5.74, 6) is -0.104. The van der Waals surface area contributed by atoms with Crippen LogP contribution in [0.3, 0.4) is 0 Å². The molecule has 0 aliphatic heterocycles. The van der Waals surface area contributed by atoms with Gasteiger partial charge in [0.05, 0.1) is 6.61 Å². The smallest absolute Gasteiger partial charge is 0.411 e. The van der Waals surface area contributed by atoms with Crippen molar-refractivity contribution >= 4 is 17.7 Å². The van der Waals surface area contributed by atoms with Gasteiger partial charge in [-0.1, -0.05) is 29.8 Å². The second-order valence-corrected chi connectivity index (χ2v) is 6.02. The summed E-state index contributed by atoms with van der Waals surface area (Å²) in [7, 11) is 1.77. The monoisotopic (exact) mass is 340 g/mol. The molecule has 0 radical (unpaired) electrons. The Kier molecular flexibility index (Phi) is 6.17. The lowest BCUT2D eigenvalue weighted by Gasteiger charge is -2.19. The van der Waals surface area contributed by atoms with Gasteiger partial charge >= 0.3 is 6.09 Å². The molecule has 0 unspecified atom stereocenters. The van der Waals surface area contributed by atoms with E-state index in [0.717, 1.165) is 11.1 Å². The number of carbonyl (C=O) groups excluding carboxylic acids is 2. The quantitative estimate of drug-likeness (QED) is 0.890. The predicted octanol–water partition coefficient (Wildman–Crippen LogP) is 4.14. The molecule has 1 N–H and O–H groups in total. The van der Waals surface area contributed by atoms with Gasteiger partial charge in [0.2, 0.25) is 0 Å². The second kappa shape index (κ2) is 8.33. The van der Waals surface area contributed by atoms with Crippen LogP contribution in [0.25, 0.3) is 0 Å². The van der Waals surface area contributed by atoms with Crippen molar-refractivity contribution in [2.24, 2.45) is 0 Å². The fraction of sp³-hybridized carbons (Fsp3) is 0.300. The highest BCUT2D eigenvalue weighted by molar-refractivity contribution is 5.96. The summed E-state index contributed by atoms with van der Waals surface area (Å²) in [5.41, 5.74) is 4.53. The number of ether oxygens (including phenoxy) is 1. The number of aryl methyl sites for hydroxylation is 2. The minimum Gasteiger partial charge on any atom is -0.450 e. The maximum Gasteiger partial charge on any atom is 0.411 e. The van der Waals surface area contributed by atoms with Gasteiger partial charge in [-0.15, -0.1) is 0 Å². The molecule has 5 nitrogen and oxygen atoms in total. The summed E-state index contributed by atoms with van der Waals surface area (Å²) in [4.78, 5) is 25.8. The van der Waals surface area contributed by atoms with Gasteiger partial charge in [-0.3, -0.25) is 10.1 Å². The van der Waals surface area contributed by atoms with Crippen molar-refractivity contribution in [3.8, 4) is 0 Å². The number of anilines is 1. The van der Waals surface area contributed by atoms with Crippen molar-refractivity contribution in [2.45, 2.75) is 27.3 Å². The first-order chi connectivity index (χ1) is 11.9. The first-order valence-corrected chi connectivity index (χ1v) is 8.26. The third-order valence-corrected chi connectivity index (χ3v) is 3.88. The van der Waals surface area contributed by atoms with E-state index in [9.17, 15) is 9.59 Å². The zero-order valence-corrected chi connectivity index (χ0v) is 15.1. The summed E-state index contributed by atoms with van der Waals surface area (Å²) in [5, 5.41) is 2.61. The van der Waals surface area contributed by atoms with Gasteiger partial charge in [0, 0.05) is 24.8 Å². The zero-order valence-electron chi connectivity index (χ0n) is 15.1. The Morgan fingerprint density at radius 1 is 1.12 bits per heavy atom. The standard InChI is InChI=1S/C20H24N2O3/c1-5-25-20(24)21-18-8-6-7-16(12-18)19(23)22(4)13-17-10-9-14(2)11-15(17)3/h6-12H,5,13H2,1-4H3,(H,21,24). The summed E-state index contributed by atoms with van der Waals surface area (Å²) in [6.45, 7) is 6.66. The Morgan fingerprint density at radius 2 is 1.88 bits per heavy atom. The van der Waals surface area contributed by atoms with E-state index in [4.69, 9.17) is 4.74 Å². The van der Waals surface area contributed by atoms with E-state index < -0.39 is 6.09 Å². The van der Waals surface area contributed by atoms with E-state index in [0.29, 0.717) is 24.4 Å². The van der Waals surface area contributed by atoms with Crippen LogP contribution in [0.15, 0.2) is 42.5 Å². The van der Waals surface area contributed by atoms with Gasteiger partial charge in [0.25, 0.3) is 5.91 Å². The number of hydrogen-bond donors (Lipinski definition) is 1. The van der Waals surface area contributed by atoms with Crippen LogP contribution < -0.4 is 5.32 Å². The van der Waals surface area contributed by atoms with E-state index in [-0.39, 0.29) is 5.91 Å². The van der Waals surface area contributed by atoms with Crippen LogP contribution in [0.1, 0.15) is 34.0 Å². The van der Waals surface area contributed by atoms with E-state index in [1.54, 1.807) is 43.1 Å². The molecular formula is C20H24N2O3. The molecule has 0 atom stereocenters. The summed E-state index contributed by atoms with van der Waals surface area (Å²) < 4.78 is 4.85. The first kappa shape index (κ1) is 18.5. The summed E-state index contributed by atoms with van der Waals surface area (Å²) in [6.07, 6.45) is -0.532. The molecule has 2 aromatic rings. The maximum absolute atomic E-state index is 12.7. The third-order valence-electron chi connectivity index (χ3n) is 3.88. The molecule has 0 saturated carbocycles. The van der Waals surface area contributed by atoms with Gasteiger partial charge in [0.1, 0.15) is 0 Å². The predicted molar refractivity (Wildman–Crippen MR) is 98.8 cm³/mol. The number of nitrogens with zero attached hydrogens (tertiary/aromatic N) is 1. The van der Waals surface area contributed by atoms with Gasteiger partial charge < -0.3 is 9.64 Å². The average molecular weight is 340 g/mol. The normalized spacial score (nSPS) is 10.2. The molecule has 0 spiro atoms. The number of carbonyl (C=O) groups is 2. The number of amides is 2. The molecule has 2 rings (SSSR count). The van der Waals surface area contributed by atoms with Crippen molar-refractivity contribution in [3.05, 3.63) is 64.7 Å². The molecule has 132 valence electrons. The van der Waals surface area contributed by atoms with Crippen molar-refractivity contribution in [1.29, 1.82) is 0 Å². The van der Waals surface area contributed by atoms with Crippen LogP contribution in [-0.2, 0) is 11.3 Å². The second-order valence-electron chi connectivity index (χ2n) is 6.02. The van der Waals surface area contributed by atoms with Gasteiger partial charge in [0.15, 0.2) is 0 Å². The van der Waals surface area contributed by atoms with Crippen molar-refractivity contribution in [1.82, 2.24) is 4.90 Å². The molecule has 2 aromatic carbocycles. The lowest BCUT2D eigenvalue weighted by Crippen LogP contribution is -2.26. The van der Waals surface area contributed by atoms with Gasteiger partial charge in [-0.05, 0) is 50.1 Å². The van der Waals surface area contributed by atoms with Crippen LogP contribution in [-0.4, -0.2) is 30.6 Å². The summed E-state index contributed by atoms with van der Waals surface area (Å²) >= 11 is 0. The molecule has 0 aromatic heterocycles. The number of benzene rings is 2. The average Bonchev–Trinajstić information content (AvgIpc) is 2.57. The topological polar surface area (TPSA) is 58.6 Å². The number of hydrogen-bond acceptors (Lipinski definition) is 3. The van der Waals surface area contributed by atoms with Crippen LogP contribution in [0.5, 0.6) is 0 Å². The fourth-order valence-electron chi connectivity index (χ4n) is 2.59. The molecule has 5 heteroatoms. The number of nitrogens with one attached hydrogen (secondary N) is 1. The van der Waals surface area contributed by atoms with Crippen LogP contribution in [0.4, 0.5) is 10.5 Å². The minimum atomic E-state index is -0.532. The molecule has 0 heterocycles. The Hall–Kier alpha value is -2.82. The fourth-order valence-corrected chi connectivity index (χ4v) is 2.59. The molecule has 0 aliphatic rings. The summed E-state index contributed by atoms with van der Waals surface area (Å²) in [6, 6.07) is 13.0. The number of rotatable bonds is 5. The highest BCUT2D eigenvalue weighted by Crippen LogP contribution is 2.16. The van der Waals surface area contributed by atoms with Crippen LogP contribution in [0.2, 0.25) is 0 Å². The van der Waals surface area contributed by atoms with E-state index in [2.05, 4.69) is 11.4 Å². The molecule has 0 aliphatic carbocycles. The Bertz CT molecular complexity index is 771. The molecule has 0 saturated heterocycles. The van der Waals surface area contributed by atoms with Crippen molar-refractivity contribution in [2.75, 3.05) is 19.0 Å². The maximum atomic E-state index is 12.7. The lowest BCUT2D eigenvalue weighted by molar-refractivity contribution is 0.0785. The van der Waals surface area contributed by atoms with Gasteiger partial charge in [-0.25, -0.2) is 4.79 Å². The molecular weight excluding hydrogens is 316 g/mol. The zero-order chi connectivity index (χ0) is 18.4. The van der Waals surface area contributed by atoms with E-state index >= 15 is 0 Å². The Labute approximate surface area is 148 Å². The molecule has 0 bridgehead atoms. The highest BCUT2D eigenvalue weighted by atomic mass is 16.5. The largest absolute Gasteiger partial charge is 0.450 e. The van der Waals surface area contributed by atoms with E-state index in [1.807, 2.05) is 26.0 Å². The Balaban J connectivity index is 2.09. The first-order valence-electron chi connectivity index (χ1n) is 8.26. The molecule has 0 fully saturated rings.